The number of aromatic nitrogens is 2. The number of carbonyl (C=O) groups excluding carboxylic acids is 3. The molecular formula is C35H46F6N6O5. The van der Waals surface area contributed by atoms with Crippen LogP contribution in [0.2, 0.25) is 0 Å². The normalized spacial score (nSPS) is 18.7. The van der Waals surface area contributed by atoms with E-state index in [0.717, 1.165) is 12.1 Å². The highest BCUT2D eigenvalue weighted by Gasteiger charge is 2.41. The number of carbonyl (C=O) groups is 3. The second-order valence-corrected chi connectivity index (χ2v) is 14.2. The Morgan fingerprint density at radius 1 is 0.904 bits per heavy atom. The number of β-amino-alcohol motifs (C(OH)–C–C–N with tert-alkyl or cyclic N) is 1. The number of rotatable bonds is 13. The summed E-state index contributed by atoms with van der Waals surface area (Å²) in [5, 5.41) is 16.0. The smallest absolute Gasteiger partial charge is 0.451 e. The lowest BCUT2D eigenvalue weighted by atomic mass is 9.93. The summed E-state index contributed by atoms with van der Waals surface area (Å²) in [6.45, 7) is 6.46. The van der Waals surface area contributed by atoms with Crippen LogP contribution in [0.5, 0.6) is 0 Å². The molecule has 2 aliphatic heterocycles. The molecule has 2 atom stereocenters. The van der Waals surface area contributed by atoms with E-state index in [4.69, 9.17) is 4.74 Å². The van der Waals surface area contributed by atoms with E-state index in [1.807, 2.05) is 0 Å². The minimum Gasteiger partial charge on any atom is -0.460 e. The lowest BCUT2D eigenvalue weighted by Gasteiger charge is -2.34. The summed E-state index contributed by atoms with van der Waals surface area (Å²) in [4.78, 5) is 47.8. The van der Waals surface area contributed by atoms with E-state index in [1.54, 1.807) is 25.7 Å². The molecule has 2 amide bonds. The molecule has 52 heavy (non-hydrogen) atoms. The fourth-order valence-electron chi connectivity index (χ4n) is 6.22. The van der Waals surface area contributed by atoms with Crippen molar-refractivity contribution in [1.82, 2.24) is 20.6 Å². The maximum Gasteiger partial charge on any atom is 0.451 e. The summed E-state index contributed by atoms with van der Waals surface area (Å²) in [7, 11) is 0. The van der Waals surface area contributed by atoms with Gasteiger partial charge < -0.3 is 30.3 Å². The van der Waals surface area contributed by atoms with Crippen molar-refractivity contribution in [3.8, 4) is 0 Å². The maximum atomic E-state index is 14.0. The summed E-state index contributed by atoms with van der Waals surface area (Å²) >= 11 is 0. The number of alkyl halides is 6. The van der Waals surface area contributed by atoms with Crippen molar-refractivity contribution < 1.29 is 50.6 Å². The fraction of sp³-hybridized carbons (Fsp3) is 0.629. The number of ether oxygens (including phenoxy) is 1. The van der Waals surface area contributed by atoms with Crippen LogP contribution in [0.15, 0.2) is 30.3 Å². The van der Waals surface area contributed by atoms with Crippen molar-refractivity contribution in [1.29, 1.82) is 0 Å². The third-order valence-corrected chi connectivity index (χ3v) is 8.84. The van der Waals surface area contributed by atoms with Crippen LogP contribution in [-0.2, 0) is 37.9 Å². The quantitative estimate of drug-likeness (QED) is 0.190. The number of amides is 2. The molecule has 2 aliphatic rings. The van der Waals surface area contributed by atoms with Crippen molar-refractivity contribution in [2.75, 3.05) is 42.5 Å². The Balaban J connectivity index is 1.31. The minimum absolute atomic E-state index is 0.0388. The molecule has 0 saturated carbocycles. The van der Waals surface area contributed by atoms with Crippen LogP contribution in [-0.4, -0.2) is 83.3 Å². The highest BCUT2D eigenvalue weighted by molar-refractivity contribution is 5.86. The molecule has 2 fully saturated rings. The molecule has 288 valence electrons. The summed E-state index contributed by atoms with van der Waals surface area (Å²) < 4.78 is 85.8. The molecule has 2 saturated heterocycles. The number of piperidine rings is 1. The topological polar surface area (TPSA) is 137 Å². The molecule has 0 radical (unpaired) electrons. The van der Waals surface area contributed by atoms with Crippen molar-refractivity contribution in [3.63, 3.8) is 0 Å². The SMILES string of the molecule is CC(C)(C)OC(=O)CCCC(=O)NCCC1CCN(c2cc(N3C[C@@H](O)C[C@H]3C(=O)NCCc3ccc(C(F)(F)F)cc3)nc(C(F)(F)F)n2)CC1. The molecule has 1 aromatic carbocycles. The van der Waals surface area contributed by atoms with E-state index >= 15 is 0 Å². The van der Waals surface area contributed by atoms with E-state index in [-0.39, 0.29) is 68.2 Å². The first-order valence-electron chi connectivity index (χ1n) is 17.4. The van der Waals surface area contributed by atoms with Gasteiger partial charge >= 0.3 is 18.3 Å². The Morgan fingerprint density at radius 2 is 1.56 bits per heavy atom. The summed E-state index contributed by atoms with van der Waals surface area (Å²) in [5.41, 5.74) is -0.835. The first kappa shape index (κ1) is 40.6. The Hall–Kier alpha value is -4.15. The predicted octanol–water partition coefficient (Wildman–Crippen LogP) is 5.05. The molecule has 11 nitrogen and oxygen atoms in total. The highest BCUT2D eigenvalue weighted by atomic mass is 19.4. The van der Waals surface area contributed by atoms with E-state index in [2.05, 4.69) is 20.6 Å². The molecule has 0 bridgehead atoms. The lowest BCUT2D eigenvalue weighted by Crippen LogP contribution is -2.44. The van der Waals surface area contributed by atoms with Crippen LogP contribution in [0.4, 0.5) is 38.0 Å². The number of aliphatic hydroxyl groups excluding tert-OH is 1. The van der Waals surface area contributed by atoms with Crippen LogP contribution < -0.4 is 20.4 Å². The van der Waals surface area contributed by atoms with Gasteiger partial charge in [0.1, 0.15) is 23.3 Å². The first-order valence-corrected chi connectivity index (χ1v) is 17.4. The number of anilines is 2. The van der Waals surface area contributed by atoms with Crippen LogP contribution in [0, 0.1) is 5.92 Å². The van der Waals surface area contributed by atoms with E-state index in [1.165, 1.54) is 23.1 Å². The molecule has 1 aromatic heterocycles. The fourth-order valence-corrected chi connectivity index (χ4v) is 6.22. The third-order valence-electron chi connectivity index (χ3n) is 8.84. The van der Waals surface area contributed by atoms with E-state index < -0.39 is 47.4 Å². The van der Waals surface area contributed by atoms with Crippen LogP contribution in [0.3, 0.4) is 0 Å². The second-order valence-electron chi connectivity index (χ2n) is 14.2. The average Bonchev–Trinajstić information content (AvgIpc) is 3.45. The maximum absolute atomic E-state index is 14.0. The molecule has 0 spiro atoms. The molecule has 0 aliphatic carbocycles. The zero-order valence-electron chi connectivity index (χ0n) is 29.4. The van der Waals surface area contributed by atoms with Gasteiger partial charge in [-0.25, -0.2) is 9.97 Å². The number of aliphatic hydroxyl groups is 1. The molecule has 2 aromatic rings. The molecule has 17 heteroatoms. The summed E-state index contributed by atoms with van der Waals surface area (Å²) in [6, 6.07) is 4.85. The number of benzene rings is 1. The zero-order valence-corrected chi connectivity index (χ0v) is 29.4. The average molecular weight is 745 g/mol. The van der Waals surface area contributed by atoms with Gasteiger partial charge in [0.25, 0.3) is 0 Å². The minimum atomic E-state index is -4.88. The standard InChI is InChI=1S/C35H46F6N6O5/c1-33(2,3)52-30(50)6-4-5-29(49)42-15-11-23-13-17-46(18-14-23)27-20-28(45-32(44-27)35(39,40)41)47-21-25(48)19-26(47)31(51)43-16-12-22-7-9-24(10-8-22)34(36,37)38/h7-10,20,23,25-26,48H,4-6,11-19,21H2,1-3H3,(H,42,49)(H,43,51)/t25-,26-/m0/s1. The van der Waals surface area contributed by atoms with Gasteiger partial charge in [-0.15, -0.1) is 0 Å². The summed E-state index contributed by atoms with van der Waals surface area (Å²) in [5.74, 6) is -2.38. The molecule has 3 N–H and O–H groups in total. The number of esters is 1. The van der Waals surface area contributed by atoms with Crippen LogP contribution in [0.25, 0.3) is 0 Å². The van der Waals surface area contributed by atoms with Crippen LogP contribution >= 0.6 is 0 Å². The zero-order chi connectivity index (χ0) is 38.3. The molecular weight excluding hydrogens is 698 g/mol. The van der Waals surface area contributed by atoms with Crippen molar-refractivity contribution in [3.05, 3.63) is 47.3 Å². The number of hydrogen-bond donors (Lipinski definition) is 3. The Labute approximate surface area is 298 Å². The van der Waals surface area contributed by atoms with E-state index in [9.17, 15) is 45.8 Å². The van der Waals surface area contributed by atoms with Gasteiger partial charge in [0.2, 0.25) is 17.6 Å². The molecule has 4 rings (SSSR count). The third kappa shape index (κ3) is 12.2. The molecule has 3 heterocycles. The van der Waals surface area contributed by atoms with Crippen LogP contribution in [0.1, 0.15) is 82.7 Å². The van der Waals surface area contributed by atoms with Crippen molar-refractivity contribution >= 4 is 29.4 Å². The summed E-state index contributed by atoms with van der Waals surface area (Å²) in [6.07, 6.45) is -7.56. The van der Waals surface area contributed by atoms with Gasteiger partial charge in [0, 0.05) is 58.1 Å². The number of halogens is 6. The Kier molecular flexibility index (Phi) is 13.4. The van der Waals surface area contributed by atoms with E-state index in [0.29, 0.717) is 50.9 Å². The number of nitrogens with one attached hydrogen (secondary N) is 2. The number of nitrogens with zero attached hydrogens (tertiary/aromatic N) is 4. The van der Waals surface area contributed by atoms with Gasteiger partial charge in [-0.1, -0.05) is 12.1 Å². The highest BCUT2D eigenvalue weighted by Crippen LogP contribution is 2.34. The Bertz CT molecular complexity index is 1520. The Morgan fingerprint density at radius 3 is 2.17 bits per heavy atom. The van der Waals surface area contributed by atoms with Crippen molar-refractivity contribution in [2.45, 2.75) is 102 Å². The first-order chi connectivity index (χ1) is 24.3. The van der Waals surface area contributed by atoms with Gasteiger partial charge in [-0.05, 0) is 76.5 Å². The largest absolute Gasteiger partial charge is 0.460 e. The van der Waals surface area contributed by atoms with Crippen molar-refractivity contribution in [2.24, 2.45) is 5.92 Å². The monoisotopic (exact) mass is 744 g/mol. The number of hydrogen-bond acceptors (Lipinski definition) is 9. The predicted molar refractivity (Wildman–Crippen MR) is 179 cm³/mol. The van der Waals surface area contributed by atoms with Gasteiger partial charge in [0.05, 0.1) is 11.7 Å². The molecule has 0 unspecified atom stereocenters. The van der Waals surface area contributed by atoms with Gasteiger partial charge in [0.15, 0.2) is 0 Å². The van der Waals surface area contributed by atoms with Gasteiger partial charge in [-0.2, -0.15) is 26.3 Å². The van der Waals surface area contributed by atoms with Gasteiger partial charge in [-0.3, -0.25) is 14.4 Å². The lowest BCUT2D eigenvalue weighted by molar-refractivity contribution is -0.155. The second kappa shape index (κ2) is 17.1.